The van der Waals surface area contributed by atoms with E-state index in [0.717, 1.165) is 33.2 Å². The second-order valence-corrected chi connectivity index (χ2v) is 8.33. The first kappa shape index (κ1) is 20.7. The molecule has 0 aliphatic carbocycles. The van der Waals surface area contributed by atoms with Crippen molar-refractivity contribution in [3.8, 4) is 11.3 Å². The second kappa shape index (κ2) is 9.01. The second-order valence-electron chi connectivity index (χ2n) is 7.39. The maximum Gasteiger partial charge on any atom is 0.231 e. The lowest BCUT2D eigenvalue weighted by Gasteiger charge is -2.08. The van der Waals surface area contributed by atoms with E-state index in [1.807, 2.05) is 75.5 Å². The minimum Gasteiger partial charge on any atom is -0.326 e. The van der Waals surface area contributed by atoms with Crippen LogP contribution in [0.15, 0.2) is 47.8 Å². The molecule has 0 fully saturated rings. The van der Waals surface area contributed by atoms with Crippen molar-refractivity contribution in [2.75, 3.05) is 10.6 Å². The normalized spacial score (nSPS) is 10.8. The summed E-state index contributed by atoms with van der Waals surface area (Å²) in [7, 11) is 0. The number of hydrogen-bond acceptors (Lipinski definition) is 4. The van der Waals surface area contributed by atoms with Gasteiger partial charge in [-0.1, -0.05) is 43.7 Å². The zero-order chi connectivity index (χ0) is 21.0. The highest BCUT2D eigenvalue weighted by Crippen LogP contribution is 2.24. The maximum atomic E-state index is 12.4. The molecule has 150 valence electrons. The van der Waals surface area contributed by atoms with Crippen LogP contribution in [0.25, 0.3) is 11.3 Å². The number of nitrogens with zero attached hydrogens (tertiary/aromatic N) is 1. The Morgan fingerprint density at radius 1 is 1.03 bits per heavy atom. The van der Waals surface area contributed by atoms with Gasteiger partial charge in [0.25, 0.3) is 0 Å². The number of carbonyl (C=O) groups excluding carboxylic acids is 2. The Bertz CT molecular complexity index is 1020. The van der Waals surface area contributed by atoms with E-state index in [9.17, 15) is 9.59 Å². The predicted octanol–water partition coefficient (Wildman–Crippen LogP) is 5.20. The summed E-state index contributed by atoms with van der Waals surface area (Å²) < 4.78 is 0. The van der Waals surface area contributed by atoms with Gasteiger partial charge in [-0.2, -0.15) is 0 Å². The summed E-state index contributed by atoms with van der Waals surface area (Å²) in [5, 5.41) is 8.54. The van der Waals surface area contributed by atoms with Crippen molar-refractivity contribution in [3.05, 3.63) is 64.0 Å². The van der Waals surface area contributed by atoms with Gasteiger partial charge in [-0.15, -0.1) is 11.3 Å². The number of amides is 2. The molecule has 0 aliphatic rings. The average molecular weight is 408 g/mol. The third-order valence-electron chi connectivity index (χ3n) is 4.49. The predicted molar refractivity (Wildman–Crippen MR) is 119 cm³/mol. The maximum absolute atomic E-state index is 12.4. The van der Waals surface area contributed by atoms with Crippen molar-refractivity contribution in [3.63, 3.8) is 0 Å². The van der Waals surface area contributed by atoms with Gasteiger partial charge in [0, 0.05) is 28.2 Å². The van der Waals surface area contributed by atoms with Gasteiger partial charge in [-0.25, -0.2) is 4.98 Å². The molecule has 0 spiro atoms. The van der Waals surface area contributed by atoms with E-state index in [-0.39, 0.29) is 24.2 Å². The topological polar surface area (TPSA) is 71.1 Å². The molecule has 0 atom stereocenters. The molecule has 0 bridgehead atoms. The number of nitrogens with one attached hydrogen (secondary N) is 2. The summed E-state index contributed by atoms with van der Waals surface area (Å²) in [4.78, 5) is 28.8. The van der Waals surface area contributed by atoms with E-state index in [0.29, 0.717) is 0 Å². The van der Waals surface area contributed by atoms with Crippen molar-refractivity contribution < 1.29 is 9.59 Å². The Morgan fingerprint density at radius 3 is 2.41 bits per heavy atom. The molecule has 5 nitrogen and oxygen atoms in total. The minimum atomic E-state index is -0.0791. The standard InChI is InChI=1S/C23H25N3O2S/c1-14(2)23(28)24-18-8-6-17(7-9-18)20-13-29-22(26-20)12-21(27)25-19-10-5-15(3)11-16(19)4/h5-11,13-14H,12H2,1-4H3,(H,24,28)(H,25,27). The van der Waals surface area contributed by atoms with E-state index in [1.165, 1.54) is 16.9 Å². The van der Waals surface area contributed by atoms with Crippen LogP contribution in [0.1, 0.15) is 30.0 Å². The summed E-state index contributed by atoms with van der Waals surface area (Å²) in [5.74, 6) is -0.154. The van der Waals surface area contributed by atoms with Crippen molar-refractivity contribution in [1.82, 2.24) is 4.98 Å². The molecule has 3 aromatic rings. The number of aryl methyl sites for hydroxylation is 2. The number of rotatable bonds is 6. The number of benzene rings is 2. The first-order chi connectivity index (χ1) is 13.8. The van der Waals surface area contributed by atoms with E-state index in [4.69, 9.17) is 0 Å². The Kier molecular flexibility index (Phi) is 6.44. The number of carbonyl (C=O) groups is 2. The van der Waals surface area contributed by atoms with Crippen LogP contribution >= 0.6 is 11.3 Å². The lowest BCUT2D eigenvalue weighted by molar-refractivity contribution is -0.119. The van der Waals surface area contributed by atoms with Crippen molar-refractivity contribution in [2.24, 2.45) is 5.92 Å². The first-order valence-corrected chi connectivity index (χ1v) is 10.4. The van der Waals surface area contributed by atoms with E-state index < -0.39 is 0 Å². The fraction of sp³-hybridized carbons (Fsp3) is 0.261. The fourth-order valence-corrected chi connectivity index (χ4v) is 3.62. The van der Waals surface area contributed by atoms with Crippen molar-refractivity contribution in [2.45, 2.75) is 34.1 Å². The number of thiazole rings is 1. The van der Waals surface area contributed by atoms with Crippen LogP contribution in [0.5, 0.6) is 0 Å². The van der Waals surface area contributed by atoms with Crippen molar-refractivity contribution in [1.29, 1.82) is 0 Å². The van der Waals surface area contributed by atoms with E-state index in [1.54, 1.807) is 0 Å². The minimum absolute atomic E-state index is 0.0106. The van der Waals surface area contributed by atoms with Gasteiger partial charge in [0.2, 0.25) is 11.8 Å². The van der Waals surface area contributed by atoms with Gasteiger partial charge in [0.15, 0.2) is 0 Å². The lowest BCUT2D eigenvalue weighted by Crippen LogP contribution is -2.17. The van der Waals surface area contributed by atoms with Crippen molar-refractivity contribution >= 4 is 34.5 Å². The van der Waals surface area contributed by atoms with Gasteiger partial charge in [0.1, 0.15) is 5.01 Å². The van der Waals surface area contributed by atoms with Gasteiger partial charge >= 0.3 is 0 Å². The summed E-state index contributed by atoms with van der Waals surface area (Å²) in [6.45, 7) is 7.73. The molecule has 0 radical (unpaired) electrons. The average Bonchev–Trinajstić information content (AvgIpc) is 3.13. The third-order valence-corrected chi connectivity index (χ3v) is 5.34. The van der Waals surface area contributed by atoms with Crippen LogP contribution in [-0.2, 0) is 16.0 Å². The molecule has 1 heterocycles. The van der Waals surface area contributed by atoms with Gasteiger partial charge in [-0.3, -0.25) is 9.59 Å². The largest absolute Gasteiger partial charge is 0.326 e. The number of hydrogen-bond donors (Lipinski definition) is 2. The van der Waals surface area contributed by atoms with Gasteiger partial charge < -0.3 is 10.6 Å². The summed E-state index contributed by atoms with van der Waals surface area (Å²) >= 11 is 1.47. The zero-order valence-corrected chi connectivity index (χ0v) is 17.9. The molecule has 1 aromatic heterocycles. The Hall–Kier alpha value is -2.99. The lowest BCUT2D eigenvalue weighted by atomic mass is 10.1. The molecule has 2 amide bonds. The molecule has 0 unspecified atom stereocenters. The first-order valence-electron chi connectivity index (χ1n) is 9.54. The smallest absolute Gasteiger partial charge is 0.231 e. The molecule has 29 heavy (non-hydrogen) atoms. The molecular formula is C23H25N3O2S. The van der Waals surface area contributed by atoms with Crippen LogP contribution in [0.2, 0.25) is 0 Å². The molecule has 2 aromatic carbocycles. The number of aromatic nitrogens is 1. The Balaban J connectivity index is 1.63. The Morgan fingerprint density at radius 2 is 1.76 bits per heavy atom. The highest BCUT2D eigenvalue weighted by atomic mass is 32.1. The SMILES string of the molecule is Cc1ccc(NC(=O)Cc2nc(-c3ccc(NC(=O)C(C)C)cc3)cs2)c(C)c1. The third kappa shape index (κ3) is 5.51. The molecule has 6 heteroatoms. The van der Waals surface area contributed by atoms with Crippen LogP contribution in [0.4, 0.5) is 11.4 Å². The molecule has 3 rings (SSSR count). The number of anilines is 2. The zero-order valence-electron chi connectivity index (χ0n) is 17.1. The summed E-state index contributed by atoms with van der Waals surface area (Å²) in [5.41, 5.74) is 5.57. The molecule has 0 saturated carbocycles. The quantitative estimate of drug-likeness (QED) is 0.590. The highest BCUT2D eigenvalue weighted by molar-refractivity contribution is 7.10. The fourth-order valence-electron chi connectivity index (χ4n) is 2.82. The van der Waals surface area contributed by atoms with Crippen LogP contribution in [0, 0.1) is 19.8 Å². The Labute approximate surface area is 175 Å². The molecular weight excluding hydrogens is 382 g/mol. The molecule has 0 aliphatic heterocycles. The van der Waals surface area contributed by atoms with Gasteiger partial charge in [0.05, 0.1) is 12.1 Å². The monoisotopic (exact) mass is 407 g/mol. The summed E-state index contributed by atoms with van der Waals surface area (Å²) in [6, 6.07) is 13.5. The van der Waals surface area contributed by atoms with E-state index >= 15 is 0 Å². The van der Waals surface area contributed by atoms with Crippen LogP contribution in [-0.4, -0.2) is 16.8 Å². The summed E-state index contributed by atoms with van der Waals surface area (Å²) in [6.07, 6.45) is 0.237. The van der Waals surface area contributed by atoms with Gasteiger partial charge in [-0.05, 0) is 37.6 Å². The molecule has 0 saturated heterocycles. The van der Waals surface area contributed by atoms with Crippen LogP contribution in [0.3, 0.4) is 0 Å². The van der Waals surface area contributed by atoms with Crippen LogP contribution < -0.4 is 10.6 Å². The highest BCUT2D eigenvalue weighted by Gasteiger charge is 2.11. The molecule has 2 N–H and O–H groups in total. The van der Waals surface area contributed by atoms with E-state index in [2.05, 4.69) is 15.6 Å².